The molecule has 1 heterocycles. The van der Waals surface area contributed by atoms with E-state index in [1.165, 1.54) is 31.4 Å². The van der Waals surface area contributed by atoms with E-state index in [1.54, 1.807) is 6.07 Å². The normalized spacial score (nSPS) is 20.0. The molecule has 0 radical (unpaired) electrons. The van der Waals surface area contributed by atoms with Crippen LogP contribution in [-0.2, 0) is 6.42 Å². The van der Waals surface area contributed by atoms with Gasteiger partial charge in [-0.25, -0.2) is 8.78 Å². The van der Waals surface area contributed by atoms with E-state index in [4.69, 9.17) is 0 Å². The summed E-state index contributed by atoms with van der Waals surface area (Å²) in [6.45, 7) is 2.85. The summed E-state index contributed by atoms with van der Waals surface area (Å²) in [5.41, 5.74) is 0.831. The highest BCUT2D eigenvalue weighted by Gasteiger charge is 2.11. The Bertz CT molecular complexity index is 376. The van der Waals surface area contributed by atoms with Gasteiger partial charge in [-0.3, -0.25) is 0 Å². The van der Waals surface area contributed by atoms with E-state index in [-0.39, 0.29) is 0 Å². The zero-order valence-electron chi connectivity index (χ0n) is 10.5. The summed E-state index contributed by atoms with van der Waals surface area (Å²) < 4.78 is 25.7. The van der Waals surface area contributed by atoms with Crippen LogP contribution >= 0.6 is 0 Å². The van der Waals surface area contributed by atoms with Gasteiger partial charge in [0.1, 0.15) is 0 Å². The molecule has 2 rings (SSSR count). The summed E-state index contributed by atoms with van der Waals surface area (Å²) in [5.74, 6) is -1.54. The summed E-state index contributed by atoms with van der Waals surface area (Å²) in [4.78, 5) is 0. The second-order valence-electron chi connectivity index (χ2n) is 4.85. The number of nitrogens with one attached hydrogen (secondary N) is 2. The van der Waals surface area contributed by atoms with Gasteiger partial charge in [0.05, 0.1) is 0 Å². The lowest BCUT2D eigenvalue weighted by atomic mass is 10.1. The molecule has 1 unspecified atom stereocenters. The van der Waals surface area contributed by atoms with Gasteiger partial charge in [0.25, 0.3) is 0 Å². The summed E-state index contributed by atoms with van der Waals surface area (Å²) in [6, 6.07) is 4.66. The number of hydrogen-bond donors (Lipinski definition) is 2. The fraction of sp³-hybridized carbons (Fsp3) is 0.571. The van der Waals surface area contributed by atoms with Crippen molar-refractivity contribution in [1.29, 1.82) is 0 Å². The monoisotopic (exact) mass is 254 g/mol. The van der Waals surface area contributed by atoms with Crippen molar-refractivity contribution in [3.8, 4) is 0 Å². The van der Waals surface area contributed by atoms with Crippen LogP contribution in [0.5, 0.6) is 0 Å². The van der Waals surface area contributed by atoms with Crippen LogP contribution in [-0.4, -0.2) is 25.7 Å². The van der Waals surface area contributed by atoms with Gasteiger partial charge in [-0.05, 0) is 50.0 Å². The average Bonchev–Trinajstić information content (AvgIpc) is 2.40. The molecule has 2 N–H and O–H groups in total. The van der Waals surface area contributed by atoms with E-state index in [0.717, 1.165) is 31.6 Å². The molecule has 0 aromatic heterocycles. The highest BCUT2D eigenvalue weighted by molar-refractivity contribution is 5.18. The smallest absolute Gasteiger partial charge is 0.159 e. The molecule has 0 saturated carbocycles. The summed E-state index contributed by atoms with van der Waals surface area (Å²) >= 11 is 0. The van der Waals surface area contributed by atoms with Gasteiger partial charge in [0.2, 0.25) is 0 Å². The van der Waals surface area contributed by atoms with E-state index in [0.29, 0.717) is 6.04 Å². The molecule has 1 aliphatic heterocycles. The van der Waals surface area contributed by atoms with Crippen LogP contribution in [0.25, 0.3) is 0 Å². The number of piperidine rings is 1. The molecule has 1 fully saturated rings. The van der Waals surface area contributed by atoms with Crippen LogP contribution in [0.3, 0.4) is 0 Å². The molecular weight excluding hydrogens is 234 g/mol. The van der Waals surface area contributed by atoms with E-state index < -0.39 is 11.6 Å². The summed E-state index contributed by atoms with van der Waals surface area (Å²) in [6.07, 6.45) is 4.51. The highest BCUT2D eigenvalue weighted by atomic mass is 19.2. The molecule has 1 aromatic rings. The molecule has 0 spiro atoms. The fourth-order valence-corrected chi connectivity index (χ4v) is 2.30. The Hall–Kier alpha value is -1.00. The maximum absolute atomic E-state index is 13.0. The van der Waals surface area contributed by atoms with Crippen LogP contribution in [0.2, 0.25) is 0 Å². The Morgan fingerprint density at radius 1 is 1.22 bits per heavy atom. The van der Waals surface area contributed by atoms with Crippen molar-refractivity contribution in [2.75, 3.05) is 19.6 Å². The number of rotatable bonds is 5. The third-order valence-electron chi connectivity index (χ3n) is 3.38. The molecule has 18 heavy (non-hydrogen) atoms. The lowest BCUT2D eigenvalue weighted by Gasteiger charge is -2.23. The molecule has 1 atom stereocenters. The van der Waals surface area contributed by atoms with Gasteiger partial charge >= 0.3 is 0 Å². The fourth-order valence-electron chi connectivity index (χ4n) is 2.30. The molecule has 4 heteroatoms. The first-order valence-corrected chi connectivity index (χ1v) is 6.64. The van der Waals surface area contributed by atoms with Crippen molar-refractivity contribution in [2.24, 2.45) is 0 Å². The largest absolute Gasteiger partial charge is 0.315 e. The van der Waals surface area contributed by atoms with Crippen LogP contribution < -0.4 is 10.6 Å². The van der Waals surface area contributed by atoms with Crippen LogP contribution in [0, 0.1) is 11.6 Å². The van der Waals surface area contributed by atoms with Gasteiger partial charge in [0, 0.05) is 12.6 Å². The third kappa shape index (κ3) is 4.03. The minimum absolute atomic E-state index is 0.559. The number of hydrogen-bond acceptors (Lipinski definition) is 2. The molecule has 0 amide bonds. The van der Waals surface area contributed by atoms with E-state index in [9.17, 15) is 8.78 Å². The molecular formula is C14H20F2N2. The molecule has 1 aliphatic rings. The van der Waals surface area contributed by atoms with Crippen LogP contribution in [0.15, 0.2) is 18.2 Å². The van der Waals surface area contributed by atoms with Crippen molar-refractivity contribution in [3.63, 3.8) is 0 Å². The highest BCUT2D eigenvalue weighted by Crippen LogP contribution is 2.09. The first-order chi connectivity index (χ1) is 8.75. The maximum atomic E-state index is 13.0. The average molecular weight is 254 g/mol. The Morgan fingerprint density at radius 3 is 2.83 bits per heavy atom. The topological polar surface area (TPSA) is 24.1 Å². The minimum Gasteiger partial charge on any atom is -0.315 e. The van der Waals surface area contributed by atoms with Crippen molar-refractivity contribution in [2.45, 2.75) is 31.7 Å². The molecule has 1 aromatic carbocycles. The SMILES string of the molecule is Fc1ccc(CCNCC2CCCCN2)cc1F. The zero-order valence-corrected chi connectivity index (χ0v) is 10.5. The molecule has 0 aliphatic carbocycles. The Kier molecular flexibility index (Phi) is 5.08. The van der Waals surface area contributed by atoms with Crippen molar-refractivity contribution in [3.05, 3.63) is 35.4 Å². The van der Waals surface area contributed by atoms with Gasteiger partial charge < -0.3 is 10.6 Å². The first-order valence-electron chi connectivity index (χ1n) is 6.64. The molecule has 1 saturated heterocycles. The second-order valence-corrected chi connectivity index (χ2v) is 4.85. The van der Waals surface area contributed by atoms with Crippen LogP contribution in [0.1, 0.15) is 24.8 Å². The lowest BCUT2D eigenvalue weighted by molar-refractivity contribution is 0.384. The van der Waals surface area contributed by atoms with E-state index in [1.807, 2.05) is 0 Å². The van der Waals surface area contributed by atoms with E-state index in [2.05, 4.69) is 10.6 Å². The number of halogens is 2. The van der Waals surface area contributed by atoms with Crippen molar-refractivity contribution in [1.82, 2.24) is 10.6 Å². The van der Waals surface area contributed by atoms with Gasteiger partial charge in [-0.1, -0.05) is 12.5 Å². The predicted molar refractivity (Wildman–Crippen MR) is 68.6 cm³/mol. The summed E-state index contributed by atoms with van der Waals surface area (Å²) in [5, 5.41) is 6.82. The molecule has 100 valence electrons. The first kappa shape index (κ1) is 13.4. The van der Waals surface area contributed by atoms with Crippen molar-refractivity contribution < 1.29 is 8.78 Å². The lowest BCUT2D eigenvalue weighted by Crippen LogP contribution is -2.42. The zero-order chi connectivity index (χ0) is 12.8. The van der Waals surface area contributed by atoms with E-state index >= 15 is 0 Å². The standard InChI is InChI=1S/C14H20F2N2/c15-13-5-4-11(9-14(13)16)6-8-17-10-12-3-1-2-7-18-12/h4-5,9,12,17-18H,1-3,6-8,10H2. The van der Waals surface area contributed by atoms with Crippen LogP contribution in [0.4, 0.5) is 8.78 Å². The van der Waals surface area contributed by atoms with Gasteiger partial charge in [-0.2, -0.15) is 0 Å². The van der Waals surface area contributed by atoms with Gasteiger partial charge in [0.15, 0.2) is 11.6 Å². The second kappa shape index (κ2) is 6.81. The minimum atomic E-state index is -0.780. The quantitative estimate of drug-likeness (QED) is 0.787. The summed E-state index contributed by atoms with van der Waals surface area (Å²) in [7, 11) is 0. The predicted octanol–water partition coefficient (Wildman–Crippen LogP) is 2.24. The number of benzene rings is 1. The van der Waals surface area contributed by atoms with Crippen molar-refractivity contribution >= 4 is 0 Å². The molecule has 0 bridgehead atoms. The maximum Gasteiger partial charge on any atom is 0.159 e. The Morgan fingerprint density at radius 2 is 2.11 bits per heavy atom. The Labute approximate surface area is 107 Å². The third-order valence-corrected chi connectivity index (χ3v) is 3.38. The molecule has 2 nitrogen and oxygen atoms in total. The van der Waals surface area contributed by atoms with Gasteiger partial charge in [-0.15, -0.1) is 0 Å². The Balaban J connectivity index is 1.66.